The van der Waals surface area contributed by atoms with Gasteiger partial charge in [-0.3, -0.25) is 9.36 Å². The van der Waals surface area contributed by atoms with Crippen molar-refractivity contribution >= 4 is 35.0 Å². The Bertz CT molecular complexity index is 1200. The molecule has 4 aromatic rings. The van der Waals surface area contributed by atoms with E-state index in [1.807, 2.05) is 18.3 Å². The van der Waals surface area contributed by atoms with Crippen molar-refractivity contribution in [2.75, 3.05) is 11.1 Å². The van der Waals surface area contributed by atoms with Gasteiger partial charge in [0.2, 0.25) is 5.91 Å². The zero-order valence-electron chi connectivity index (χ0n) is 17.3. The van der Waals surface area contributed by atoms with Crippen molar-refractivity contribution in [1.29, 1.82) is 0 Å². The summed E-state index contributed by atoms with van der Waals surface area (Å²) < 4.78 is 2.13. The van der Waals surface area contributed by atoms with E-state index < -0.39 is 0 Å². The number of halogens is 1. The van der Waals surface area contributed by atoms with E-state index >= 15 is 0 Å². The second-order valence-corrected chi connectivity index (χ2v) is 8.64. The number of benzene rings is 3. The normalized spacial score (nSPS) is 10.8. The van der Waals surface area contributed by atoms with Gasteiger partial charge < -0.3 is 5.32 Å². The van der Waals surface area contributed by atoms with Gasteiger partial charge in [0.1, 0.15) is 0 Å². The highest BCUT2D eigenvalue weighted by molar-refractivity contribution is 7.99. The van der Waals surface area contributed by atoms with Gasteiger partial charge in [-0.15, -0.1) is 0 Å². The summed E-state index contributed by atoms with van der Waals surface area (Å²) in [5, 5.41) is 4.31. The molecule has 0 spiro atoms. The van der Waals surface area contributed by atoms with Crippen LogP contribution in [-0.2, 0) is 4.79 Å². The number of imidazole rings is 1. The summed E-state index contributed by atoms with van der Waals surface area (Å²) in [7, 11) is 0. The lowest BCUT2D eigenvalue weighted by Gasteiger charge is -2.14. The first-order chi connectivity index (χ1) is 15.0. The Balaban J connectivity index is 1.61. The van der Waals surface area contributed by atoms with E-state index in [1.54, 1.807) is 24.3 Å². The summed E-state index contributed by atoms with van der Waals surface area (Å²) in [5.41, 5.74) is 6.20. The second-order valence-electron chi connectivity index (χ2n) is 7.26. The molecule has 0 bridgehead atoms. The van der Waals surface area contributed by atoms with Crippen LogP contribution in [0.15, 0.2) is 84.1 Å². The number of para-hydroxylation sites is 1. The van der Waals surface area contributed by atoms with E-state index in [2.05, 4.69) is 65.1 Å². The van der Waals surface area contributed by atoms with Gasteiger partial charge in [0.15, 0.2) is 5.16 Å². The van der Waals surface area contributed by atoms with Crippen molar-refractivity contribution in [3.05, 3.63) is 95.1 Å². The third-order valence-corrected chi connectivity index (χ3v) is 6.10. The number of amides is 1. The van der Waals surface area contributed by atoms with E-state index in [9.17, 15) is 4.79 Å². The summed E-state index contributed by atoms with van der Waals surface area (Å²) in [6.07, 6.45) is 1.87. The summed E-state index contributed by atoms with van der Waals surface area (Å²) in [6.45, 7) is 4.15. The van der Waals surface area contributed by atoms with Gasteiger partial charge in [-0.2, -0.15) is 0 Å². The minimum Gasteiger partial charge on any atom is -0.325 e. The smallest absolute Gasteiger partial charge is 0.234 e. The number of carbonyl (C=O) groups excluding carboxylic acids is 1. The molecule has 1 N–H and O–H groups in total. The first kappa shape index (κ1) is 21.2. The van der Waals surface area contributed by atoms with Crippen molar-refractivity contribution in [3.63, 3.8) is 0 Å². The summed E-state index contributed by atoms with van der Waals surface area (Å²) in [5.74, 6) is 0.155. The number of anilines is 1. The van der Waals surface area contributed by atoms with Gasteiger partial charge in [-0.25, -0.2) is 4.98 Å². The number of hydrogen-bond donors (Lipinski definition) is 1. The van der Waals surface area contributed by atoms with Crippen LogP contribution in [0.2, 0.25) is 5.02 Å². The molecule has 0 aliphatic rings. The number of aryl methyl sites for hydroxylation is 2. The molecule has 0 saturated heterocycles. The van der Waals surface area contributed by atoms with Gasteiger partial charge in [-0.1, -0.05) is 71.4 Å². The van der Waals surface area contributed by atoms with Crippen molar-refractivity contribution in [2.45, 2.75) is 19.0 Å². The largest absolute Gasteiger partial charge is 0.325 e. The summed E-state index contributed by atoms with van der Waals surface area (Å²) >= 11 is 7.32. The monoisotopic (exact) mass is 447 g/mol. The second kappa shape index (κ2) is 9.41. The molecule has 156 valence electrons. The van der Waals surface area contributed by atoms with Crippen molar-refractivity contribution < 1.29 is 4.79 Å². The van der Waals surface area contributed by atoms with E-state index in [-0.39, 0.29) is 11.7 Å². The molecule has 0 aliphatic carbocycles. The lowest BCUT2D eigenvalue weighted by molar-refractivity contribution is -0.113. The zero-order chi connectivity index (χ0) is 21.8. The van der Waals surface area contributed by atoms with E-state index in [4.69, 9.17) is 11.6 Å². The maximum Gasteiger partial charge on any atom is 0.234 e. The van der Waals surface area contributed by atoms with Crippen molar-refractivity contribution in [1.82, 2.24) is 9.55 Å². The highest BCUT2D eigenvalue weighted by atomic mass is 35.5. The number of nitrogens with one attached hydrogen (secondary N) is 1. The van der Waals surface area contributed by atoms with Crippen LogP contribution in [0.4, 0.5) is 5.69 Å². The Morgan fingerprint density at radius 1 is 1.00 bits per heavy atom. The standard InChI is InChI=1S/C25H22ClN3OS/c1-17-7-9-19(10-8-17)23-15-27-25(29(23)22-6-4-3-5-18(22)2)31-16-24(30)28-21-13-11-20(26)12-14-21/h3-15H,16H2,1-2H3,(H,28,30). The van der Waals surface area contributed by atoms with E-state index in [1.165, 1.54) is 17.3 Å². The van der Waals surface area contributed by atoms with Crippen LogP contribution in [0.5, 0.6) is 0 Å². The first-order valence-corrected chi connectivity index (χ1v) is 11.3. The highest BCUT2D eigenvalue weighted by Crippen LogP contribution is 2.31. The lowest BCUT2D eigenvalue weighted by Crippen LogP contribution is -2.14. The minimum absolute atomic E-state index is 0.0939. The maximum atomic E-state index is 12.5. The van der Waals surface area contributed by atoms with Crippen LogP contribution in [0, 0.1) is 13.8 Å². The molecular weight excluding hydrogens is 426 g/mol. The number of rotatable bonds is 6. The van der Waals surface area contributed by atoms with E-state index in [0.29, 0.717) is 5.02 Å². The Morgan fingerprint density at radius 3 is 2.42 bits per heavy atom. The van der Waals surface area contributed by atoms with Gasteiger partial charge in [0.05, 0.1) is 23.3 Å². The molecule has 0 aliphatic heterocycles. The molecule has 1 heterocycles. The third-order valence-electron chi connectivity index (χ3n) is 4.89. The molecule has 0 radical (unpaired) electrons. The fourth-order valence-electron chi connectivity index (χ4n) is 3.27. The topological polar surface area (TPSA) is 46.9 Å². The molecule has 0 fully saturated rings. The van der Waals surface area contributed by atoms with Crippen molar-refractivity contribution in [3.8, 4) is 16.9 Å². The fourth-order valence-corrected chi connectivity index (χ4v) is 4.18. The molecule has 3 aromatic carbocycles. The number of aromatic nitrogens is 2. The lowest BCUT2D eigenvalue weighted by atomic mass is 10.1. The molecule has 1 amide bonds. The zero-order valence-corrected chi connectivity index (χ0v) is 18.9. The van der Waals surface area contributed by atoms with Gasteiger partial charge in [0, 0.05) is 16.3 Å². The fraction of sp³-hybridized carbons (Fsp3) is 0.120. The van der Waals surface area contributed by atoms with Crippen LogP contribution in [0.1, 0.15) is 11.1 Å². The Hall–Kier alpha value is -3.02. The number of carbonyl (C=O) groups is 1. The van der Waals surface area contributed by atoms with Crippen LogP contribution < -0.4 is 5.32 Å². The number of hydrogen-bond acceptors (Lipinski definition) is 3. The summed E-state index contributed by atoms with van der Waals surface area (Å²) in [6, 6.07) is 23.7. The SMILES string of the molecule is Cc1ccc(-c2cnc(SCC(=O)Nc3ccc(Cl)cc3)n2-c2ccccc2C)cc1. The molecule has 0 unspecified atom stereocenters. The van der Waals surface area contributed by atoms with Crippen LogP contribution in [0.3, 0.4) is 0 Å². The van der Waals surface area contributed by atoms with Crippen LogP contribution in [-0.4, -0.2) is 21.2 Å². The maximum absolute atomic E-state index is 12.5. The molecule has 0 saturated carbocycles. The number of thioether (sulfide) groups is 1. The predicted molar refractivity (Wildman–Crippen MR) is 129 cm³/mol. The Labute approximate surface area is 191 Å². The third kappa shape index (κ3) is 5.01. The van der Waals surface area contributed by atoms with Crippen LogP contribution in [0.25, 0.3) is 16.9 Å². The summed E-state index contributed by atoms with van der Waals surface area (Å²) in [4.78, 5) is 17.1. The predicted octanol–water partition coefficient (Wildman–Crippen LogP) is 6.54. The molecule has 31 heavy (non-hydrogen) atoms. The molecule has 0 atom stereocenters. The molecule has 4 nitrogen and oxygen atoms in total. The molecule has 1 aromatic heterocycles. The highest BCUT2D eigenvalue weighted by Gasteiger charge is 2.17. The van der Waals surface area contributed by atoms with Crippen LogP contribution >= 0.6 is 23.4 Å². The average Bonchev–Trinajstić information content (AvgIpc) is 3.18. The average molecular weight is 448 g/mol. The molecule has 4 rings (SSSR count). The van der Waals surface area contributed by atoms with Gasteiger partial charge in [0.25, 0.3) is 0 Å². The van der Waals surface area contributed by atoms with E-state index in [0.717, 1.165) is 33.4 Å². The minimum atomic E-state index is -0.0939. The Morgan fingerprint density at radius 2 is 1.71 bits per heavy atom. The number of nitrogens with zero attached hydrogens (tertiary/aromatic N) is 2. The first-order valence-electron chi connectivity index (χ1n) is 9.90. The molecular formula is C25H22ClN3OS. The molecule has 6 heteroatoms. The van der Waals surface area contributed by atoms with Crippen molar-refractivity contribution in [2.24, 2.45) is 0 Å². The van der Waals surface area contributed by atoms with Gasteiger partial charge in [-0.05, 0) is 49.7 Å². The quantitative estimate of drug-likeness (QED) is 0.341. The Kier molecular flexibility index (Phi) is 6.44. The van der Waals surface area contributed by atoms with Gasteiger partial charge >= 0.3 is 0 Å².